The minimum atomic E-state index is -0.356. The summed E-state index contributed by atoms with van der Waals surface area (Å²) in [5.41, 5.74) is 0. The Bertz CT molecular complexity index is 282. The fraction of sp³-hybridized carbons (Fsp3) is 0.667. The van der Waals surface area contributed by atoms with Gasteiger partial charge in [-0.15, -0.1) is 11.3 Å². The maximum atomic E-state index is 9.28. The Hall–Kier alpha value is -0.410. The van der Waals surface area contributed by atoms with Crippen LogP contribution in [0.25, 0.3) is 0 Å². The monoisotopic (exact) mass is 183 g/mol. The molecule has 1 aliphatic carbocycles. The lowest BCUT2D eigenvalue weighted by molar-refractivity contribution is 0.203. The summed E-state index contributed by atoms with van der Waals surface area (Å²) >= 11 is 1.65. The topological polar surface area (TPSA) is 33.1 Å². The highest BCUT2D eigenvalue weighted by molar-refractivity contribution is 7.11. The molecule has 1 fully saturated rings. The molecular formula is C9H13NOS. The highest BCUT2D eigenvalue weighted by atomic mass is 32.1. The Kier molecular flexibility index (Phi) is 1.93. The van der Waals surface area contributed by atoms with Gasteiger partial charge in [0.1, 0.15) is 0 Å². The van der Waals surface area contributed by atoms with Crippen LogP contribution in [-0.4, -0.2) is 10.1 Å². The molecule has 1 aromatic heterocycles. The maximum absolute atomic E-state index is 9.28. The van der Waals surface area contributed by atoms with Crippen molar-refractivity contribution < 1.29 is 5.11 Å². The van der Waals surface area contributed by atoms with Crippen LogP contribution < -0.4 is 0 Å². The number of hydrogen-bond acceptors (Lipinski definition) is 3. The lowest BCUT2D eigenvalue weighted by Crippen LogP contribution is -1.83. The largest absolute Gasteiger partial charge is 0.388 e. The third-order valence-corrected chi connectivity index (χ3v) is 3.68. The van der Waals surface area contributed by atoms with Gasteiger partial charge in [0.05, 0.1) is 16.0 Å². The highest BCUT2D eigenvalue weighted by Crippen LogP contribution is 2.48. The first-order chi connectivity index (χ1) is 5.68. The minimum Gasteiger partial charge on any atom is -0.388 e. The van der Waals surface area contributed by atoms with E-state index in [2.05, 4.69) is 11.9 Å². The second kappa shape index (κ2) is 2.82. The average Bonchev–Trinajstić information content (AvgIpc) is 2.59. The Morgan fingerprint density at radius 1 is 1.75 bits per heavy atom. The van der Waals surface area contributed by atoms with Crippen molar-refractivity contribution >= 4 is 11.3 Å². The summed E-state index contributed by atoms with van der Waals surface area (Å²) in [6, 6.07) is 0. The van der Waals surface area contributed by atoms with Crippen molar-refractivity contribution in [1.29, 1.82) is 0 Å². The van der Waals surface area contributed by atoms with E-state index in [1.807, 2.05) is 0 Å². The lowest BCUT2D eigenvalue weighted by Gasteiger charge is -1.95. The second-order valence-corrected chi connectivity index (χ2v) is 4.69. The number of hydrogen-bond donors (Lipinski definition) is 1. The summed E-state index contributed by atoms with van der Waals surface area (Å²) < 4.78 is 0. The molecule has 0 bridgehead atoms. The molecule has 1 aromatic rings. The van der Waals surface area contributed by atoms with E-state index >= 15 is 0 Å². The van der Waals surface area contributed by atoms with E-state index in [0.29, 0.717) is 5.92 Å². The summed E-state index contributed by atoms with van der Waals surface area (Å²) in [6.07, 6.45) is 2.72. The number of thiazole rings is 1. The fourth-order valence-corrected chi connectivity index (χ4v) is 2.43. The molecule has 0 aromatic carbocycles. The van der Waals surface area contributed by atoms with E-state index in [0.717, 1.165) is 10.8 Å². The maximum Gasteiger partial charge on any atom is 0.0962 e. The van der Waals surface area contributed by atoms with Gasteiger partial charge in [-0.1, -0.05) is 6.92 Å². The van der Waals surface area contributed by atoms with Crippen LogP contribution in [-0.2, 0) is 0 Å². The Morgan fingerprint density at radius 2 is 2.42 bits per heavy atom. The molecule has 2 nitrogen and oxygen atoms in total. The average molecular weight is 183 g/mol. The smallest absolute Gasteiger partial charge is 0.0962 e. The molecule has 12 heavy (non-hydrogen) atoms. The molecule has 1 aliphatic rings. The third-order valence-electron chi connectivity index (χ3n) is 2.38. The highest BCUT2D eigenvalue weighted by Gasteiger charge is 2.36. The molecule has 66 valence electrons. The second-order valence-electron chi connectivity index (χ2n) is 3.60. The van der Waals surface area contributed by atoms with Crippen LogP contribution in [0, 0.1) is 5.92 Å². The summed E-state index contributed by atoms with van der Waals surface area (Å²) in [5.74, 6) is 1.49. The summed E-state index contributed by atoms with van der Waals surface area (Å²) in [7, 11) is 0. The van der Waals surface area contributed by atoms with Crippen LogP contribution in [0.3, 0.4) is 0 Å². The zero-order chi connectivity index (χ0) is 8.72. The standard InChI is InChI=1S/C9H13NOS/c1-5-3-7(5)9-10-4-8(12-9)6(2)11/h4-7,11H,3H2,1-2H3. The Balaban J connectivity index is 2.14. The molecule has 2 rings (SSSR count). The van der Waals surface area contributed by atoms with Crippen molar-refractivity contribution in [2.24, 2.45) is 5.92 Å². The molecule has 0 saturated heterocycles. The van der Waals surface area contributed by atoms with E-state index in [1.54, 1.807) is 24.5 Å². The van der Waals surface area contributed by atoms with Crippen molar-refractivity contribution in [3.05, 3.63) is 16.1 Å². The van der Waals surface area contributed by atoms with E-state index < -0.39 is 0 Å². The number of nitrogens with zero attached hydrogens (tertiary/aromatic N) is 1. The van der Waals surface area contributed by atoms with Gasteiger partial charge in [0.25, 0.3) is 0 Å². The molecule has 3 unspecified atom stereocenters. The fourth-order valence-electron chi connectivity index (χ4n) is 1.33. The van der Waals surface area contributed by atoms with Gasteiger partial charge in [0.2, 0.25) is 0 Å². The van der Waals surface area contributed by atoms with Gasteiger partial charge in [-0.25, -0.2) is 4.98 Å². The lowest BCUT2D eigenvalue weighted by atomic mass is 10.3. The molecule has 0 amide bonds. The summed E-state index contributed by atoms with van der Waals surface area (Å²) in [6.45, 7) is 4.03. The van der Waals surface area contributed by atoms with Crippen LogP contribution in [0.1, 0.15) is 42.2 Å². The van der Waals surface area contributed by atoms with Gasteiger partial charge in [-0.2, -0.15) is 0 Å². The van der Waals surface area contributed by atoms with Gasteiger partial charge >= 0.3 is 0 Å². The molecule has 3 atom stereocenters. The van der Waals surface area contributed by atoms with Crippen molar-refractivity contribution in [1.82, 2.24) is 4.98 Å². The van der Waals surface area contributed by atoms with Gasteiger partial charge in [0, 0.05) is 12.1 Å². The first-order valence-electron chi connectivity index (χ1n) is 4.32. The molecule has 0 radical (unpaired) electrons. The molecule has 1 saturated carbocycles. The van der Waals surface area contributed by atoms with Crippen LogP contribution in [0.2, 0.25) is 0 Å². The number of aromatic nitrogens is 1. The normalized spacial score (nSPS) is 30.2. The number of aliphatic hydroxyl groups is 1. The van der Waals surface area contributed by atoms with E-state index in [9.17, 15) is 5.11 Å². The predicted octanol–water partition coefficient (Wildman–Crippen LogP) is 2.32. The van der Waals surface area contributed by atoms with Crippen LogP contribution >= 0.6 is 11.3 Å². The first kappa shape index (κ1) is 8.20. The zero-order valence-electron chi connectivity index (χ0n) is 7.32. The van der Waals surface area contributed by atoms with E-state index in [-0.39, 0.29) is 6.10 Å². The van der Waals surface area contributed by atoms with Crippen LogP contribution in [0.4, 0.5) is 0 Å². The van der Waals surface area contributed by atoms with Crippen molar-refractivity contribution in [2.75, 3.05) is 0 Å². The Labute approximate surface area is 76.3 Å². The van der Waals surface area contributed by atoms with E-state index in [4.69, 9.17) is 0 Å². The summed E-state index contributed by atoms with van der Waals surface area (Å²) in [4.78, 5) is 5.30. The molecule has 1 heterocycles. The SMILES string of the molecule is CC(O)c1cnc(C2CC2C)s1. The van der Waals surface area contributed by atoms with Crippen molar-refractivity contribution in [2.45, 2.75) is 32.3 Å². The van der Waals surface area contributed by atoms with Gasteiger partial charge in [-0.05, 0) is 19.3 Å². The zero-order valence-corrected chi connectivity index (χ0v) is 8.14. The van der Waals surface area contributed by atoms with Gasteiger partial charge in [0.15, 0.2) is 0 Å². The van der Waals surface area contributed by atoms with Crippen molar-refractivity contribution in [3.63, 3.8) is 0 Å². The first-order valence-corrected chi connectivity index (χ1v) is 5.14. The number of aliphatic hydroxyl groups excluding tert-OH is 1. The molecule has 0 aliphatic heterocycles. The van der Waals surface area contributed by atoms with E-state index in [1.165, 1.54) is 11.4 Å². The van der Waals surface area contributed by atoms with Gasteiger partial charge in [-0.3, -0.25) is 0 Å². The van der Waals surface area contributed by atoms with Gasteiger partial charge < -0.3 is 5.11 Å². The molecular weight excluding hydrogens is 170 g/mol. The van der Waals surface area contributed by atoms with Crippen LogP contribution in [0.15, 0.2) is 6.20 Å². The third kappa shape index (κ3) is 1.39. The molecule has 3 heteroatoms. The Morgan fingerprint density at radius 3 is 2.83 bits per heavy atom. The predicted molar refractivity (Wildman–Crippen MR) is 49.3 cm³/mol. The number of rotatable bonds is 2. The minimum absolute atomic E-state index is 0.356. The quantitative estimate of drug-likeness (QED) is 0.763. The van der Waals surface area contributed by atoms with Crippen LogP contribution in [0.5, 0.6) is 0 Å². The molecule has 1 N–H and O–H groups in total. The molecule has 0 spiro atoms. The summed E-state index contributed by atoms with van der Waals surface area (Å²) in [5, 5.41) is 10.5. The van der Waals surface area contributed by atoms with Crippen molar-refractivity contribution in [3.8, 4) is 0 Å².